The van der Waals surface area contributed by atoms with E-state index in [9.17, 15) is 0 Å². The number of nitrogens with zero attached hydrogens (tertiary/aromatic N) is 2. The van der Waals surface area contributed by atoms with E-state index in [4.69, 9.17) is 5.73 Å². The topological polar surface area (TPSA) is 51.8 Å². The zero-order valence-corrected chi connectivity index (χ0v) is 12.8. The quantitative estimate of drug-likeness (QED) is 0.940. The third kappa shape index (κ3) is 3.61. The second kappa shape index (κ2) is 6.26. The van der Waals surface area contributed by atoms with E-state index in [1.165, 1.54) is 23.0 Å². The summed E-state index contributed by atoms with van der Waals surface area (Å²) >= 11 is 3.45. The Morgan fingerprint density at radius 1 is 1.26 bits per heavy atom. The van der Waals surface area contributed by atoms with Gasteiger partial charge < -0.3 is 5.73 Å². The molecular formula is C15H18BrN3. The number of nitrogens with two attached hydrogens (primary N) is 1. The number of hydrogen-bond acceptors (Lipinski definition) is 3. The van der Waals surface area contributed by atoms with Crippen LogP contribution in [0.1, 0.15) is 35.3 Å². The van der Waals surface area contributed by atoms with Gasteiger partial charge in [-0.1, -0.05) is 30.7 Å². The Balaban J connectivity index is 2.21. The summed E-state index contributed by atoms with van der Waals surface area (Å²) in [5.41, 5.74) is 11.0. The Labute approximate surface area is 122 Å². The van der Waals surface area contributed by atoms with Gasteiger partial charge in [0.15, 0.2) is 0 Å². The molecule has 2 aromatic rings. The highest BCUT2D eigenvalue weighted by Crippen LogP contribution is 2.22. The summed E-state index contributed by atoms with van der Waals surface area (Å²) < 4.78 is 0.867. The zero-order valence-electron chi connectivity index (χ0n) is 11.2. The molecule has 2 N–H and O–H groups in total. The summed E-state index contributed by atoms with van der Waals surface area (Å²) in [5, 5.41) is 0. The number of rotatable bonds is 4. The molecule has 0 saturated heterocycles. The molecule has 0 aliphatic heterocycles. The van der Waals surface area contributed by atoms with Crippen molar-refractivity contribution in [3.05, 3.63) is 57.6 Å². The second-order valence-corrected chi connectivity index (χ2v) is 5.60. The first-order valence-corrected chi connectivity index (χ1v) is 7.20. The van der Waals surface area contributed by atoms with Gasteiger partial charge in [-0.05, 0) is 46.8 Å². The first-order valence-electron chi connectivity index (χ1n) is 6.40. The SMILES string of the molecule is CCc1cc(C)cc(CC(N)c2ncncc2Br)c1. The number of benzene rings is 1. The molecule has 0 amide bonds. The van der Waals surface area contributed by atoms with Crippen LogP contribution < -0.4 is 5.73 Å². The maximum Gasteiger partial charge on any atom is 0.115 e. The Hall–Kier alpha value is -1.26. The van der Waals surface area contributed by atoms with Crippen molar-refractivity contribution in [2.24, 2.45) is 5.73 Å². The molecule has 1 unspecified atom stereocenters. The summed E-state index contributed by atoms with van der Waals surface area (Å²) in [6.45, 7) is 4.29. The molecule has 3 nitrogen and oxygen atoms in total. The van der Waals surface area contributed by atoms with Crippen molar-refractivity contribution in [3.63, 3.8) is 0 Å². The standard InChI is InChI=1S/C15H18BrN3/c1-3-11-4-10(2)5-12(6-11)7-14(17)15-13(16)8-18-9-19-15/h4-6,8-9,14H,3,7,17H2,1-2H3. The minimum absolute atomic E-state index is 0.121. The smallest absolute Gasteiger partial charge is 0.115 e. The third-order valence-corrected chi connectivity index (χ3v) is 3.72. The van der Waals surface area contributed by atoms with Crippen molar-refractivity contribution in [1.82, 2.24) is 9.97 Å². The molecule has 0 radical (unpaired) electrons. The van der Waals surface area contributed by atoms with Gasteiger partial charge in [0.25, 0.3) is 0 Å². The predicted octanol–water partition coefficient (Wildman–Crippen LogP) is 3.35. The van der Waals surface area contributed by atoms with E-state index >= 15 is 0 Å². The molecule has 0 fully saturated rings. The van der Waals surface area contributed by atoms with Crippen LogP contribution in [0.4, 0.5) is 0 Å². The molecular weight excluding hydrogens is 302 g/mol. The normalized spacial score (nSPS) is 12.4. The Morgan fingerprint density at radius 3 is 2.68 bits per heavy atom. The van der Waals surface area contributed by atoms with Crippen LogP contribution in [-0.2, 0) is 12.8 Å². The van der Waals surface area contributed by atoms with Gasteiger partial charge in [-0.2, -0.15) is 0 Å². The Bertz CT molecular complexity index is 569. The first-order chi connectivity index (χ1) is 9.10. The van der Waals surface area contributed by atoms with Gasteiger partial charge in [-0.25, -0.2) is 9.97 Å². The molecule has 1 atom stereocenters. The predicted molar refractivity (Wildman–Crippen MR) is 80.9 cm³/mol. The Kier molecular flexibility index (Phi) is 4.66. The largest absolute Gasteiger partial charge is 0.322 e. The van der Waals surface area contributed by atoms with Gasteiger partial charge in [0.1, 0.15) is 6.33 Å². The first kappa shape index (κ1) is 14.2. The van der Waals surface area contributed by atoms with E-state index in [1.54, 1.807) is 6.20 Å². The van der Waals surface area contributed by atoms with Gasteiger partial charge in [0.2, 0.25) is 0 Å². The van der Waals surface area contributed by atoms with E-state index in [-0.39, 0.29) is 6.04 Å². The van der Waals surface area contributed by atoms with Crippen molar-refractivity contribution in [2.45, 2.75) is 32.7 Å². The van der Waals surface area contributed by atoms with Gasteiger partial charge in [0, 0.05) is 6.20 Å². The van der Waals surface area contributed by atoms with Crippen LogP contribution in [0.2, 0.25) is 0 Å². The van der Waals surface area contributed by atoms with Crippen molar-refractivity contribution in [1.29, 1.82) is 0 Å². The third-order valence-electron chi connectivity index (χ3n) is 3.11. The van der Waals surface area contributed by atoms with E-state index < -0.39 is 0 Å². The lowest BCUT2D eigenvalue weighted by atomic mass is 9.98. The zero-order chi connectivity index (χ0) is 13.8. The molecule has 1 aromatic carbocycles. The van der Waals surface area contributed by atoms with Gasteiger partial charge in [-0.3, -0.25) is 0 Å². The molecule has 0 aliphatic rings. The van der Waals surface area contributed by atoms with Crippen LogP contribution in [0.5, 0.6) is 0 Å². The van der Waals surface area contributed by atoms with Crippen LogP contribution in [0.15, 0.2) is 35.2 Å². The molecule has 0 aliphatic carbocycles. The number of aromatic nitrogens is 2. The van der Waals surface area contributed by atoms with Gasteiger partial charge >= 0.3 is 0 Å². The summed E-state index contributed by atoms with van der Waals surface area (Å²) in [7, 11) is 0. The lowest BCUT2D eigenvalue weighted by Crippen LogP contribution is -2.16. The van der Waals surface area contributed by atoms with Crippen molar-refractivity contribution >= 4 is 15.9 Å². The summed E-state index contributed by atoms with van der Waals surface area (Å²) in [4.78, 5) is 8.22. The van der Waals surface area contributed by atoms with Gasteiger partial charge in [0.05, 0.1) is 16.2 Å². The van der Waals surface area contributed by atoms with Crippen molar-refractivity contribution in [3.8, 4) is 0 Å². The number of aryl methyl sites for hydroxylation is 2. The summed E-state index contributed by atoms with van der Waals surface area (Å²) in [5.74, 6) is 0. The van der Waals surface area contributed by atoms with E-state index in [0.29, 0.717) is 0 Å². The average molecular weight is 320 g/mol. The lowest BCUT2D eigenvalue weighted by Gasteiger charge is -2.13. The Morgan fingerprint density at radius 2 is 2.00 bits per heavy atom. The van der Waals surface area contributed by atoms with Crippen LogP contribution in [0, 0.1) is 6.92 Å². The molecule has 2 rings (SSSR count). The minimum Gasteiger partial charge on any atom is -0.322 e. The fourth-order valence-electron chi connectivity index (χ4n) is 2.22. The highest BCUT2D eigenvalue weighted by atomic mass is 79.9. The molecule has 4 heteroatoms. The maximum atomic E-state index is 6.25. The molecule has 0 spiro atoms. The van der Waals surface area contributed by atoms with Crippen LogP contribution in [0.3, 0.4) is 0 Å². The summed E-state index contributed by atoms with van der Waals surface area (Å²) in [6, 6.07) is 6.51. The fourth-order valence-corrected chi connectivity index (χ4v) is 2.73. The van der Waals surface area contributed by atoms with Crippen LogP contribution in [-0.4, -0.2) is 9.97 Å². The average Bonchev–Trinajstić information content (AvgIpc) is 2.38. The molecule has 100 valence electrons. The highest BCUT2D eigenvalue weighted by molar-refractivity contribution is 9.10. The van der Waals surface area contributed by atoms with E-state index in [2.05, 4.69) is 57.9 Å². The lowest BCUT2D eigenvalue weighted by molar-refractivity contribution is 0.687. The van der Waals surface area contributed by atoms with E-state index in [1.807, 2.05) is 0 Å². The molecule has 1 heterocycles. The van der Waals surface area contributed by atoms with Crippen LogP contribution >= 0.6 is 15.9 Å². The van der Waals surface area contributed by atoms with Crippen molar-refractivity contribution in [2.75, 3.05) is 0 Å². The number of halogens is 1. The monoisotopic (exact) mass is 319 g/mol. The fraction of sp³-hybridized carbons (Fsp3) is 0.333. The second-order valence-electron chi connectivity index (χ2n) is 4.75. The van der Waals surface area contributed by atoms with Crippen LogP contribution in [0.25, 0.3) is 0 Å². The molecule has 1 aromatic heterocycles. The van der Waals surface area contributed by atoms with Gasteiger partial charge in [-0.15, -0.1) is 0 Å². The summed E-state index contributed by atoms with van der Waals surface area (Å²) in [6.07, 6.45) is 5.09. The maximum absolute atomic E-state index is 6.25. The molecule has 0 saturated carbocycles. The highest BCUT2D eigenvalue weighted by Gasteiger charge is 2.12. The van der Waals surface area contributed by atoms with Crippen molar-refractivity contribution < 1.29 is 0 Å². The van der Waals surface area contributed by atoms with E-state index in [0.717, 1.165) is 23.0 Å². The molecule has 19 heavy (non-hydrogen) atoms. The number of hydrogen-bond donors (Lipinski definition) is 1. The molecule has 0 bridgehead atoms. The minimum atomic E-state index is -0.121.